The lowest BCUT2D eigenvalue weighted by molar-refractivity contribution is 0.0718. The van der Waals surface area contributed by atoms with E-state index in [1.54, 1.807) is 11.0 Å². The van der Waals surface area contributed by atoms with Crippen molar-refractivity contribution < 1.29 is 9.90 Å². The van der Waals surface area contributed by atoms with Gasteiger partial charge in [-0.3, -0.25) is 9.48 Å². The molecule has 4 aromatic rings. The van der Waals surface area contributed by atoms with E-state index in [0.29, 0.717) is 12.0 Å². The molecule has 1 fully saturated rings. The van der Waals surface area contributed by atoms with Gasteiger partial charge in [0.2, 0.25) is 0 Å². The standard InChI is InChI=1S/C27H31N5O2/c1-17-20(12-18-8-10-19(11-9-18)21-14-29-32(3)15-21)13-22(26-25(17)28-16-31(26)2)27(34)30-23-6-4-5-7-24(23)33/h8-11,13-16,23-24,33H,4-7,12H2,1-3H3,(H,30,34)/t23-,24-/m0/s1. The lowest BCUT2D eigenvalue weighted by Gasteiger charge is -2.28. The van der Waals surface area contributed by atoms with Crippen LogP contribution >= 0.6 is 0 Å². The van der Waals surface area contributed by atoms with Gasteiger partial charge in [-0.05, 0) is 54.5 Å². The van der Waals surface area contributed by atoms with Crippen LogP contribution in [0, 0.1) is 6.92 Å². The third kappa shape index (κ3) is 4.23. The zero-order valence-electron chi connectivity index (χ0n) is 20.0. The van der Waals surface area contributed by atoms with E-state index >= 15 is 0 Å². The number of amides is 1. The second-order valence-corrected chi connectivity index (χ2v) is 9.47. The van der Waals surface area contributed by atoms with Crippen molar-refractivity contribution in [2.24, 2.45) is 14.1 Å². The third-order valence-electron chi connectivity index (χ3n) is 7.02. The minimum Gasteiger partial charge on any atom is -0.391 e. The molecule has 1 saturated carbocycles. The topological polar surface area (TPSA) is 85.0 Å². The van der Waals surface area contributed by atoms with Crippen LogP contribution in [0.2, 0.25) is 0 Å². The van der Waals surface area contributed by atoms with Crippen LogP contribution in [-0.2, 0) is 20.5 Å². The minimum absolute atomic E-state index is 0.146. The molecule has 0 spiro atoms. The lowest BCUT2D eigenvalue weighted by atomic mass is 9.91. The van der Waals surface area contributed by atoms with Crippen molar-refractivity contribution in [3.63, 3.8) is 0 Å². The van der Waals surface area contributed by atoms with E-state index < -0.39 is 6.10 Å². The predicted molar refractivity (Wildman–Crippen MR) is 133 cm³/mol. The first-order chi connectivity index (χ1) is 16.4. The average Bonchev–Trinajstić information content (AvgIpc) is 3.44. The largest absolute Gasteiger partial charge is 0.391 e. The molecule has 176 valence electrons. The minimum atomic E-state index is -0.483. The van der Waals surface area contributed by atoms with Crippen LogP contribution in [0.5, 0.6) is 0 Å². The highest BCUT2D eigenvalue weighted by Gasteiger charge is 2.26. The quantitative estimate of drug-likeness (QED) is 0.476. The Labute approximate surface area is 199 Å². The Hall–Kier alpha value is -3.45. The Morgan fingerprint density at radius 3 is 2.62 bits per heavy atom. The number of nitrogens with one attached hydrogen (secondary N) is 1. The molecule has 2 aromatic carbocycles. The Bertz CT molecular complexity index is 1340. The number of carbonyl (C=O) groups is 1. The SMILES string of the molecule is Cc1c(Cc2ccc(-c3cnn(C)c3)cc2)cc(C(=O)N[C@H]2CCCC[C@@H]2O)c2c1ncn2C. The maximum atomic E-state index is 13.4. The Morgan fingerprint density at radius 1 is 1.15 bits per heavy atom. The number of aromatic nitrogens is 4. The zero-order valence-corrected chi connectivity index (χ0v) is 20.0. The lowest BCUT2D eigenvalue weighted by Crippen LogP contribution is -2.45. The smallest absolute Gasteiger partial charge is 0.253 e. The number of fused-ring (bicyclic) bond motifs is 1. The van der Waals surface area contributed by atoms with Gasteiger partial charge in [-0.25, -0.2) is 4.98 Å². The normalized spacial score (nSPS) is 18.4. The molecule has 2 aromatic heterocycles. The molecule has 7 nitrogen and oxygen atoms in total. The molecular formula is C27H31N5O2. The van der Waals surface area contributed by atoms with Gasteiger partial charge in [-0.15, -0.1) is 0 Å². The maximum absolute atomic E-state index is 13.4. The summed E-state index contributed by atoms with van der Waals surface area (Å²) >= 11 is 0. The molecule has 34 heavy (non-hydrogen) atoms. The predicted octanol–water partition coefficient (Wildman–Crippen LogP) is 3.91. The van der Waals surface area contributed by atoms with E-state index in [1.165, 1.54) is 5.56 Å². The van der Waals surface area contributed by atoms with E-state index in [0.717, 1.165) is 59.0 Å². The number of aryl methyl sites for hydroxylation is 3. The van der Waals surface area contributed by atoms with Gasteiger partial charge in [-0.1, -0.05) is 37.1 Å². The fourth-order valence-electron chi connectivity index (χ4n) is 5.01. The number of nitrogens with zero attached hydrogens (tertiary/aromatic N) is 4. The number of hydrogen-bond acceptors (Lipinski definition) is 4. The maximum Gasteiger partial charge on any atom is 0.253 e. The molecule has 0 aliphatic heterocycles. The van der Waals surface area contributed by atoms with Crippen LogP contribution in [0.4, 0.5) is 0 Å². The zero-order chi connectivity index (χ0) is 23.8. The summed E-state index contributed by atoms with van der Waals surface area (Å²) in [5.74, 6) is -0.146. The molecule has 7 heteroatoms. The van der Waals surface area contributed by atoms with Gasteiger partial charge in [0.1, 0.15) is 0 Å². The van der Waals surface area contributed by atoms with Crippen molar-refractivity contribution >= 4 is 16.9 Å². The number of carbonyl (C=O) groups excluding carboxylic acids is 1. The van der Waals surface area contributed by atoms with E-state index in [-0.39, 0.29) is 11.9 Å². The molecule has 0 radical (unpaired) electrons. The number of imidazole rings is 1. The van der Waals surface area contributed by atoms with Gasteiger partial charge in [0.25, 0.3) is 5.91 Å². The summed E-state index contributed by atoms with van der Waals surface area (Å²) in [6.07, 6.45) is 9.43. The monoisotopic (exact) mass is 457 g/mol. The van der Waals surface area contributed by atoms with Crippen LogP contribution < -0.4 is 5.32 Å². The summed E-state index contributed by atoms with van der Waals surface area (Å²) in [6, 6.07) is 10.3. The van der Waals surface area contributed by atoms with Gasteiger partial charge in [-0.2, -0.15) is 5.10 Å². The molecule has 1 aliphatic rings. The molecule has 2 N–H and O–H groups in total. The fourth-order valence-corrected chi connectivity index (χ4v) is 5.01. The van der Waals surface area contributed by atoms with Crippen LogP contribution in [0.3, 0.4) is 0 Å². The Morgan fingerprint density at radius 2 is 1.91 bits per heavy atom. The van der Waals surface area contributed by atoms with Crippen LogP contribution in [0.25, 0.3) is 22.2 Å². The average molecular weight is 458 g/mol. The summed E-state index contributed by atoms with van der Waals surface area (Å²) < 4.78 is 3.70. The second kappa shape index (κ2) is 9.06. The summed E-state index contributed by atoms with van der Waals surface area (Å²) in [4.78, 5) is 18.0. The molecule has 2 atom stereocenters. The van der Waals surface area contributed by atoms with Crippen molar-refractivity contribution in [3.8, 4) is 11.1 Å². The highest BCUT2D eigenvalue weighted by molar-refractivity contribution is 6.06. The summed E-state index contributed by atoms with van der Waals surface area (Å²) in [7, 11) is 3.83. The van der Waals surface area contributed by atoms with Gasteiger partial charge < -0.3 is 15.0 Å². The van der Waals surface area contributed by atoms with Crippen molar-refractivity contribution in [2.75, 3.05) is 0 Å². The van der Waals surface area contributed by atoms with E-state index in [1.807, 2.05) is 37.1 Å². The number of hydrogen-bond donors (Lipinski definition) is 2. The van der Waals surface area contributed by atoms with Crippen LogP contribution in [-0.4, -0.2) is 42.5 Å². The number of aliphatic hydroxyl groups excluding tert-OH is 1. The molecule has 1 aliphatic carbocycles. The molecular weight excluding hydrogens is 426 g/mol. The summed E-state index contributed by atoms with van der Waals surface area (Å²) in [5, 5.41) is 17.7. The molecule has 2 heterocycles. The molecule has 0 saturated heterocycles. The molecule has 0 bridgehead atoms. The van der Waals surface area contributed by atoms with Crippen LogP contribution in [0.1, 0.15) is 52.7 Å². The molecule has 5 rings (SSSR count). The first-order valence-electron chi connectivity index (χ1n) is 11.9. The van der Waals surface area contributed by atoms with Gasteiger partial charge in [0.05, 0.1) is 41.3 Å². The summed E-state index contributed by atoms with van der Waals surface area (Å²) in [5.41, 5.74) is 7.83. The number of rotatable bonds is 5. The first kappa shape index (κ1) is 22.3. The molecule has 0 unspecified atom stereocenters. The van der Waals surface area contributed by atoms with Crippen molar-refractivity contribution in [2.45, 2.75) is 51.2 Å². The highest BCUT2D eigenvalue weighted by Crippen LogP contribution is 2.28. The number of benzene rings is 2. The second-order valence-electron chi connectivity index (χ2n) is 9.47. The van der Waals surface area contributed by atoms with Crippen LogP contribution in [0.15, 0.2) is 49.1 Å². The Kier molecular flexibility index (Phi) is 5.96. The van der Waals surface area contributed by atoms with Gasteiger partial charge >= 0.3 is 0 Å². The van der Waals surface area contributed by atoms with E-state index in [2.05, 4.69) is 46.6 Å². The number of aliphatic hydroxyl groups is 1. The van der Waals surface area contributed by atoms with Gasteiger partial charge in [0, 0.05) is 25.9 Å². The Balaban J connectivity index is 1.46. The van der Waals surface area contributed by atoms with Gasteiger partial charge in [0.15, 0.2) is 0 Å². The summed E-state index contributed by atoms with van der Waals surface area (Å²) in [6.45, 7) is 2.07. The van der Waals surface area contributed by atoms with E-state index in [9.17, 15) is 9.90 Å². The van der Waals surface area contributed by atoms with E-state index in [4.69, 9.17) is 0 Å². The van der Waals surface area contributed by atoms with Crippen molar-refractivity contribution in [1.82, 2.24) is 24.6 Å². The third-order valence-corrected chi connectivity index (χ3v) is 7.02. The molecule has 1 amide bonds. The first-order valence-corrected chi connectivity index (χ1v) is 11.9. The fraction of sp³-hybridized carbons (Fsp3) is 0.370. The van der Waals surface area contributed by atoms with Crippen molar-refractivity contribution in [3.05, 3.63) is 71.3 Å². The van der Waals surface area contributed by atoms with Crippen molar-refractivity contribution in [1.29, 1.82) is 0 Å². The highest BCUT2D eigenvalue weighted by atomic mass is 16.3.